The monoisotopic (exact) mass is 305 g/mol. The summed E-state index contributed by atoms with van der Waals surface area (Å²) in [7, 11) is 0. The van der Waals surface area contributed by atoms with Crippen molar-refractivity contribution in [3.05, 3.63) is 54.3 Å². The smallest absolute Gasteiger partial charge is 0.223 e. The third-order valence-electron chi connectivity index (χ3n) is 3.12. The molecular formula is C16H11N5O2. The van der Waals surface area contributed by atoms with Crippen LogP contribution in [0, 0.1) is 11.3 Å². The first-order valence-corrected chi connectivity index (χ1v) is 6.72. The lowest BCUT2D eigenvalue weighted by molar-refractivity contribution is -0.117. The van der Waals surface area contributed by atoms with Gasteiger partial charge in [-0.2, -0.15) is 5.26 Å². The Bertz CT molecular complexity index is 883. The average molecular weight is 305 g/mol. The van der Waals surface area contributed by atoms with Gasteiger partial charge in [0.05, 0.1) is 18.4 Å². The van der Waals surface area contributed by atoms with Crippen LogP contribution in [-0.4, -0.2) is 20.9 Å². The molecular weight excluding hydrogens is 294 g/mol. The van der Waals surface area contributed by atoms with Gasteiger partial charge in [0.2, 0.25) is 5.91 Å². The second-order valence-electron chi connectivity index (χ2n) is 4.68. The van der Waals surface area contributed by atoms with E-state index < -0.39 is 5.91 Å². The first kappa shape index (κ1) is 14.4. The molecule has 23 heavy (non-hydrogen) atoms. The number of rotatable bonds is 4. The second kappa shape index (κ2) is 6.07. The summed E-state index contributed by atoms with van der Waals surface area (Å²) in [6, 6.07) is 8.92. The summed E-state index contributed by atoms with van der Waals surface area (Å²) >= 11 is 0. The van der Waals surface area contributed by atoms with Crippen molar-refractivity contribution in [2.45, 2.75) is 6.42 Å². The first-order valence-electron chi connectivity index (χ1n) is 6.72. The topological polar surface area (TPSA) is 119 Å². The molecule has 0 bridgehead atoms. The number of nitriles is 1. The van der Waals surface area contributed by atoms with Crippen molar-refractivity contribution >= 4 is 5.91 Å². The number of nitrogens with two attached hydrogens (primary N) is 1. The van der Waals surface area contributed by atoms with Crippen molar-refractivity contribution in [3.8, 4) is 28.8 Å². The number of furan rings is 1. The molecule has 0 radical (unpaired) electrons. The summed E-state index contributed by atoms with van der Waals surface area (Å²) in [5.41, 5.74) is 7.16. The summed E-state index contributed by atoms with van der Waals surface area (Å²) < 4.78 is 5.40. The van der Waals surface area contributed by atoms with Gasteiger partial charge >= 0.3 is 0 Å². The fourth-order valence-electron chi connectivity index (χ4n) is 2.14. The van der Waals surface area contributed by atoms with Gasteiger partial charge in [-0.1, -0.05) is 0 Å². The van der Waals surface area contributed by atoms with Crippen LogP contribution in [0.3, 0.4) is 0 Å². The van der Waals surface area contributed by atoms with Gasteiger partial charge in [-0.3, -0.25) is 9.78 Å². The van der Waals surface area contributed by atoms with Crippen LogP contribution in [0.4, 0.5) is 0 Å². The van der Waals surface area contributed by atoms with Crippen molar-refractivity contribution in [1.82, 2.24) is 15.0 Å². The molecule has 7 heteroatoms. The van der Waals surface area contributed by atoms with E-state index in [4.69, 9.17) is 10.2 Å². The van der Waals surface area contributed by atoms with Gasteiger partial charge < -0.3 is 10.2 Å². The quantitative estimate of drug-likeness (QED) is 0.783. The van der Waals surface area contributed by atoms with E-state index in [-0.39, 0.29) is 17.8 Å². The highest BCUT2D eigenvalue weighted by Crippen LogP contribution is 2.30. The van der Waals surface area contributed by atoms with Gasteiger partial charge in [-0.15, -0.1) is 0 Å². The lowest BCUT2D eigenvalue weighted by Gasteiger charge is -2.09. The predicted octanol–water partition coefficient (Wildman–Crippen LogP) is 1.70. The van der Waals surface area contributed by atoms with Crippen LogP contribution in [0.5, 0.6) is 0 Å². The predicted molar refractivity (Wildman–Crippen MR) is 80.6 cm³/mol. The number of amides is 1. The fraction of sp³-hybridized carbons (Fsp3) is 0.0625. The minimum absolute atomic E-state index is 0.0610. The zero-order valence-corrected chi connectivity index (χ0v) is 11.9. The van der Waals surface area contributed by atoms with Gasteiger partial charge in [0, 0.05) is 18.0 Å². The van der Waals surface area contributed by atoms with Crippen molar-refractivity contribution in [2.75, 3.05) is 0 Å². The van der Waals surface area contributed by atoms with Gasteiger partial charge in [-0.05, 0) is 24.3 Å². The number of carbonyl (C=O) groups is 1. The zero-order chi connectivity index (χ0) is 16.2. The highest BCUT2D eigenvalue weighted by atomic mass is 16.3. The van der Waals surface area contributed by atoms with E-state index in [2.05, 4.69) is 15.0 Å². The third-order valence-corrected chi connectivity index (χ3v) is 3.12. The maximum atomic E-state index is 11.2. The molecule has 2 N–H and O–H groups in total. The van der Waals surface area contributed by atoms with Crippen LogP contribution in [0.2, 0.25) is 0 Å². The van der Waals surface area contributed by atoms with Gasteiger partial charge in [0.15, 0.2) is 11.5 Å². The lowest BCUT2D eigenvalue weighted by atomic mass is 10.1. The number of hydrogen-bond donors (Lipinski definition) is 1. The molecule has 112 valence electrons. The Hall–Kier alpha value is -3.53. The molecule has 0 saturated heterocycles. The largest absolute Gasteiger partial charge is 0.463 e. The van der Waals surface area contributed by atoms with Crippen molar-refractivity contribution in [1.29, 1.82) is 5.26 Å². The molecule has 0 aromatic carbocycles. The van der Waals surface area contributed by atoms with Crippen LogP contribution < -0.4 is 5.73 Å². The van der Waals surface area contributed by atoms with Crippen LogP contribution >= 0.6 is 0 Å². The standard InChI is InChI=1S/C16H11N5O2/c17-9-12-11(8-14(18)22)20-16(13-2-1-7-23-13)15(21-12)10-3-5-19-6-4-10/h1-7H,8H2,(H2,18,22). The molecule has 0 fully saturated rings. The Morgan fingerprint density at radius 2 is 2.00 bits per heavy atom. The highest BCUT2D eigenvalue weighted by molar-refractivity contribution is 5.79. The number of primary amides is 1. The lowest BCUT2D eigenvalue weighted by Crippen LogP contribution is -2.17. The minimum atomic E-state index is -0.585. The molecule has 1 amide bonds. The maximum Gasteiger partial charge on any atom is 0.223 e. The summed E-state index contributed by atoms with van der Waals surface area (Å²) in [6.45, 7) is 0. The van der Waals surface area contributed by atoms with E-state index in [0.29, 0.717) is 17.1 Å². The van der Waals surface area contributed by atoms with Crippen LogP contribution in [-0.2, 0) is 11.2 Å². The van der Waals surface area contributed by atoms with Crippen LogP contribution in [0.15, 0.2) is 47.3 Å². The molecule has 0 aliphatic carbocycles. The SMILES string of the molecule is N#Cc1nc(-c2ccncc2)c(-c2ccco2)nc1CC(N)=O. The summed E-state index contributed by atoms with van der Waals surface area (Å²) in [6.07, 6.45) is 4.58. The Labute approximate surface area is 131 Å². The normalized spacial score (nSPS) is 10.2. The Balaban J connectivity index is 2.26. The molecule has 3 heterocycles. The van der Waals surface area contributed by atoms with Gasteiger partial charge in [-0.25, -0.2) is 9.97 Å². The van der Waals surface area contributed by atoms with E-state index in [1.54, 1.807) is 36.7 Å². The Kier molecular flexibility index (Phi) is 3.80. The van der Waals surface area contributed by atoms with E-state index >= 15 is 0 Å². The number of carbonyl (C=O) groups excluding carboxylic acids is 1. The van der Waals surface area contributed by atoms with E-state index in [1.807, 2.05) is 6.07 Å². The van der Waals surface area contributed by atoms with Crippen molar-refractivity contribution < 1.29 is 9.21 Å². The molecule has 0 unspecified atom stereocenters. The molecule has 3 rings (SSSR count). The maximum absolute atomic E-state index is 11.2. The molecule has 0 spiro atoms. The molecule has 3 aromatic heterocycles. The van der Waals surface area contributed by atoms with Crippen molar-refractivity contribution in [2.24, 2.45) is 5.73 Å². The summed E-state index contributed by atoms with van der Waals surface area (Å²) in [5, 5.41) is 9.28. The number of hydrogen-bond acceptors (Lipinski definition) is 6. The van der Waals surface area contributed by atoms with Crippen molar-refractivity contribution in [3.63, 3.8) is 0 Å². The highest BCUT2D eigenvalue weighted by Gasteiger charge is 2.19. The van der Waals surface area contributed by atoms with Crippen LogP contribution in [0.1, 0.15) is 11.4 Å². The molecule has 0 aliphatic heterocycles. The number of nitrogens with zero attached hydrogens (tertiary/aromatic N) is 4. The van der Waals surface area contributed by atoms with E-state index in [1.165, 1.54) is 6.26 Å². The molecule has 0 saturated carbocycles. The Morgan fingerprint density at radius 3 is 2.61 bits per heavy atom. The Morgan fingerprint density at radius 1 is 1.22 bits per heavy atom. The van der Waals surface area contributed by atoms with Crippen LogP contribution in [0.25, 0.3) is 22.7 Å². The summed E-state index contributed by atoms with van der Waals surface area (Å²) in [5.74, 6) is -0.0996. The van der Waals surface area contributed by atoms with E-state index in [0.717, 1.165) is 5.56 Å². The number of aromatic nitrogens is 3. The van der Waals surface area contributed by atoms with E-state index in [9.17, 15) is 10.1 Å². The molecule has 3 aromatic rings. The first-order chi connectivity index (χ1) is 11.2. The van der Waals surface area contributed by atoms with Gasteiger partial charge in [0.1, 0.15) is 17.5 Å². The molecule has 7 nitrogen and oxygen atoms in total. The average Bonchev–Trinajstić information content (AvgIpc) is 3.09. The second-order valence-corrected chi connectivity index (χ2v) is 4.68. The fourth-order valence-corrected chi connectivity index (χ4v) is 2.14. The molecule has 0 atom stereocenters. The van der Waals surface area contributed by atoms with Gasteiger partial charge in [0.25, 0.3) is 0 Å². The summed E-state index contributed by atoms with van der Waals surface area (Å²) in [4.78, 5) is 23.9. The molecule has 0 aliphatic rings. The minimum Gasteiger partial charge on any atom is -0.463 e. The zero-order valence-electron chi connectivity index (χ0n) is 11.9. The number of pyridine rings is 1. The third kappa shape index (κ3) is 2.91.